The topological polar surface area (TPSA) is 178 Å². The minimum Gasteiger partial charge on any atom is -0.469 e. The van der Waals surface area contributed by atoms with Crippen molar-refractivity contribution in [2.75, 3.05) is 26.9 Å². The van der Waals surface area contributed by atoms with E-state index in [1.165, 1.54) is 39.9 Å². The van der Waals surface area contributed by atoms with Gasteiger partial charge in [-0.3, -0.25) is 24.0 Å². The fourth-order valence-corrected chi connectivity index (χ4v) is 6.72. The Balaban J connectivity index is 0.000000604. The fourth-order valence-electron chi connectivity index (χ4n) is 6.72. The van der Waals surface area contributed by atoms with Gasteiger partial charge in [-0.1, -0.05) is 92.6 Å². The van der Waals surface area contributed by atoms with E-state index < -0.39 is 90.5 Å². The lowest BCUT2D eigenvalue weighted by atomic mass is 9.88. The van der Waals surface area contributed by atoms with E-state index in [0.717, 1.165) is 6.42 Å². The Morgan fingerprint density at radius 2 is 1.08 bits per heavy atom. The molecule has 3 saturated heterocycles. The summed E-state index contributed by atoms with van der Waals surface area (Å²) in [5, 5.41) is 0. The van der Waals surface area contributed by atoms with Gasteiger partial charge in [-0.05, 0) is 50.5 Å². The summed E-state index contributed by atoms with van der Waals surface area (Å²) in [6.45, 7) is 25.7. The summed E-state index contributed by atoms with van der Waals surface area (Å²) < 4.78 is 57.3. The van der Waals surface area contributed by atoms with Gasteiger partial charge in [0.2, 0.25) is 6.29 Å². The molecule has 14 unspecified atom stereocenters. The molecule has 3 heterocycles. The van der Waals surface area contributed by atoms with Crippen LogP contribution in [0.1, 0.15) is 128 Å². The molecule has 0 saturated carbocycles. The van der Waals surface area contributed by atoms with Crippen LogP contribution in [0.15, 0.2) is 30.3 Å². The first-order chi connectivity index (χ1) is 29.1. The van der Waals surface area contributed by atoms with Crippen LogP contribution < -0.4 is 0 Å². The first-order valence-corrected chi connectivity index (χ1v) is 22.1. The molecule has 15 nitrogen and oxygen atoms in total. The monoisotopic (exact) mass is 881 g/mol. The second kappa shape index (κ2) is 26.2. The van der Waals surface area contributed by atoms with Crippen LogP contribution in [0.25, 0.3) is 0 Å². The highest BCUT2D eigenvalue weighted by Crippen LogP contribution is 2.36. The number of carbonyl (C=O) groups is 5. The van der Waals surface area contributed by atoms with Gasteiger partial charge < -0.3 is 47.4 Å². The van der Waals surface area contributed by atoms with Crippen LogP contribution in [0, 0.1) is 35.0 Å². The van der Waals surface area contributed by atoms with Crippen molar-refractivity contribution < 1.29 is 71.3 Å². The highest BCUT2D eigenvalue weighted by Gasteiger charge is 2.50. The maximum Gasteiger partial charge on any atom is 0.313 e. The van der Waals surface area contributed by atoms with Crippen molar-refractivity contribution in [3.8, 4) is 0 Å². The molecule has 354 valence electrons. The van der Waals surface area contributed by atoms with Gasteiger partial charge in [-0.25, -0.2) is 0 Å². The third-order valence-electron chi connectivity index (χ3n) is 12.2. The standard InChI is InChI=1S/C31H50O13.C10H14.C6H12O2/c1-11-31(9,10)30(35)44-29-26(41-21(8)34)18(5)23(14-38-29)43-28-25(40-20(7)33)17(4)22(13-37-28)42-27-24(39-19(6)32)16(3)15(2)12-36-27;1-3-9(2)10-7-5-4-6-8-10;1-4-5(2)6(7)8-3/h15-18,22-29H,11-14H2,1-10H3;4-9H,3H2,1-2H3;5H,4H2,1-3H3. The summed E-state index contributed by atoms with van der Waals surface area (Å²) >= 11 is 0. The Bertz CT molecular complexity index is 1530. The molecule has 3 aliphatic rings. The molecule has 0 aliphatic carbocycles. The molecule has 0 amide bonds. The zero-order valence-corrected chi connectivity index (χ0v) is 39.8. The van der Waals surface area contributed by atoms with Crippen LogP contribution in [0.3, 0.4) is 0 Å². The molecule has 0 spiro atoms. The normalized spacial score (nSPS) is 30.6. The molecule has 4 rings (SSSR count). The van der Waals surface area contributed by atoms with Crippen molar-refractivity contribution in [1.29, 1.82) is 0 Å². The van der Waals surface area contributed by atoms with Crippen molar-refractivity contribution in [1.82, 2.24) is 0 Å². The zero-order valence-electron chi connectivity index (χ0n) is 39.8. The van der Waals surface area contributed by atoms with Crippen molar-refractivity contribution in [2.24, 2.45) is 35.0 Å². The highest BCUT2D eigenvalue weighted by molar-refractivity contribution is 5.76. The van der Waals surface area contributed by atoms with Crippen LogP contribution in [-0.2, 0) is 71.3 Å². The van der Waals surface area contributed by atoms with Crippen molar-refractivity contribution in [3.63, 3.8) is 0 Å². The zero-order chi connectivity index (χ0) is 46.9. The summed E-state index contributed by atoms with van der Waals surface area (Å²) in [6.07, 6.45) is -4.01. The Hall–Kier alpha value is -3.63. The summed E-state index contributed by atoms with van der Waals surface area (Å²) in [7, 11) is 1.41. The third-order valence-corrected chi connectivity index (χ3v) is 12.2. The van der Waals surface area contributed by atoms with Gasteiger partial charge in [0, 0.05) is 38.5 Å². The van der Waals surface area contributed by atoms with Gasteiger partial charge in [-0.2, -0.15) is 0 Å². The number of hydrogen-bond acceptors (Lipinski definition) is 15. The van der Waals surface area contributed by atoms with E-state index in [1.807, 2.05) is 41.5 Å². The molecular formula is C47H76O15. The number of methoxy groups -OCH3 is 1. The molecule has 3 fully saturated rings. The number of esters is 5. The Kier molecular flexibility index (Phi) is 23.1. The number of hydrogen-bond donors (Lipinski definition) is 0. The summed E-state index contributed by atoms with van der Waals surface area (Å²) in [6, 6.07) is 10.6. The SMILES string of the molecule is CCC(C)(C)C(=O)OC1OCC(OC2OCC(OC3OCC(C)C(C)C3OC(C)=O)C(C)C2OC(C)=O)C(C)C1OC(C)=O.CCC(C)C(=O)OC.CCC(C)c1ccccc1. The number of rotatable bonds is 14. The largest absolute Gasteiger partial charge is 0.469 e. The first kappa shape index (κ1) is 54.5. The van der Waals surface area contributed by atoms with Gasteiger partial charge in [0.15, 0.2) is 30.9 Å². The first-order valence-electron chi connectivity index (χ1n) is 22.1. The van der Waals surface area contributed by atoms with E-state index in [0.29, 0.717) is 18.9 Å². The molecular weight excluding hydrogens is 805 g/mol. The Labute approximate surface area is 369 Å². The van der Waals surface area contributed by atoms with Crippen molar-refractivity contribution >= 4 is 29.8 Å². The van der Waals surface area contributed by atoms with E-state index in [-0.39, 0.29) is 36.9 Å². The van der Waals surface area contributed by atoms with Gasteiger partial charge in [0.05, 0.1) is 50.5 Å². The predicted octanol–water partition coefficient (Wildman–Crippen LogP) is 7.55. The number of benzene rings is 1. The maximum atomic E-state index is 12.8. The van der Waals surface area contributed by atoms with E-state index in [4.69, 9.17) is 42.6 Å². The van der Waals surface area contributed by atoms with Crippen LogP contribution in [0.4, 0.5) is 0 Å². The molecule has 0 radical (unpaired) electrons. The number of ether oxygens (including phenoxy) is 10. The van der Waals surface area contributed by atoms with Crippen LogP contribution in [-0.4, -0.2) is 106 Å². The van der Waals surface area contributed by atoms with Crippen molar-refractivity contribution in [2.45, 2.75) is 172 Å². The van der Waals surface area contributed by atoms with Crippen LogP contribution in [0.5, 0.6) is 0 Å². The van der Waals surface area contributed by atoms with E-state index in [2.05, 4.69) is 48.9 Å². The predicted molar refractivity (Wildman–Crippen MR) is 229 cm³/mol. The quantitative estimate of drug-likeness (QED) is 0.132. The number of carbonyl (C=O) groups excluding carboxylic acids is 5. The Morgan fingerprint density at radius 1 is 0.645 bits per heavy atom. The average molecular weight is 881 g/mol. The minimum absolute atomic E-state index is 0.000441. The van der Waals surface area contributed by atoms with E-state index in [1.54, 1.807) is 20.8 Å². The van der Waals surface area contributed by atoms with Gasteiger partial charge in [-0.15, -0.1) is 0 Å². The molecule has 3 aliphatic heterocycles. The maximum absolute atomic E-state index is 12.8. The lowest BCUT2D eigenvalue weighted by Crippen LogP contribution is -2.58. The highest BCUT2D eigenvalue weighted by atomic mass is 16.8. The summed E-state index contributed by atoms with van der Waals surface area (Å²) in [5.74, 6) is -2.11. The Morgan fingerprint density at radius 3 is 1.48 bits per heavy atom. The summed E-state index contributed by atoms with van der Waals surface area (Å²) in [5.41, 5.74) is 0.699. The second-order valence-corrected chi connectivity index (χ2v) is 17.4. The molecule has 0 N–H and O–H groups in total. The average Bonchev–Trinajstić information content (AvgIpc) is 3.24. The van der Waals surface area contributed by atoms with Gasteiger partial charge in [0.25, 0.3) is 0 Å². The van der Waals surface area contributed by atoms with E-state index >= 15 is 0 Å². The lowest BCUT2D eigenvalue weighted by molar-refractivity contribution is -0.333. The van der Waals surface area contributed by atoms with E-state index in [9.17, 15) is 24.0 Å². The fraction of sp³-hybridized carbons (Fsp3) is 0.766. The minimum atomic E-state index is -1.12. The summed E-state index contributed by atoms with van der Waals surface area (Å²) in [4.78, 5) is 59.2. The molecule has 0 aromatic heterocycles. The van der Waals surface area contributed by atoms with Crippen LogP contribution >= 0.6 is 0 Å². The van der Waals surface area contributed by atoms with Gasteiger partial charge in [0.1, 0.15) is 0 Å². The third kappa shape index (κ3) is 16.5. The molecule has 14 atom stereocenters. The second-order valence-electron chi connectivity index (χ2n) is 17.4. The molecule has 1 aromatic rings. The molecule has 1 aromatic carbocycles. The molecule has 0 bridgehead atoms. The lowest BCUT2D eigenvalue weighted by Gasteiger charge is -2.46. The van der Waals surface area contributed by atoms with Gasteiger partial charge >= 0.3 is 29.8 Å². The molecule has 62 heavy (non-hydrogen) atoms. The smallest absolute Gasteiger partial charge is 0.313 e. The van der Waals surface area contributed by atoms with Crippen LogP contribution in [0.2, 0.25) is 0 Å². The molecule has 15 heteroatoms. The van der Waals surface area contributed by atoms with Crippen molar-refractivity contribution in [3.05, 3.63) is 35.9 Å².